The number of amides is 1. The smallest absolute Gasteiger partial charge is 0.237 e. The van der Waals surface area contributed by atoms with Gasteiger partial charge in [-0.2, -0.15) is 0 Å². The van der Waals surface area contributed by atoms with Crippen LogP contribution in [0.5, 0.6) is 0 Å². The van der Waals surface area contributed by atoms with E-state index in [4.69, 9.17) is 0 Å². The van der Waals surface area contributed by atoms with Gasteiger partial charge in [-0.25, -0.2) is 9.67 Å². The van der Waals surface area contributed by atoms with Crippen LogP contribution in [0.25, 0.3) is 10.2 Å². The van der Waals surface area contributed by atoms with Crippen LogP contribution in [0.15, 0.2) is 53.7 Å². The molecule has 0 fully saturated rings. The third-order valence-corrected chi connectivity index (χ3v) is 6.31. The van der Waals surface area contributed by atoms with E-state index in [0.29, 0.717) is 5.16 Å². The number of hydrogen-bond acceptors (Lipinski definition) is 7. The van der Waals surface area contributed by atoms with Crippen LogP contribution in [-0.4, -0.2) is 36.3 Å². The van der Waals surface area contributed by atoms with Gasteiger partial charge >= 0.3 is 0 Å². The Kier molecular flexibility index (Phi) is 5.36. The number of carbonyl (C=O) groups is 1. The van der Waals surface area contributed by atoms with Crippen LogP contribution in [-0.2, 0) is 18.3 Å². The van der Waals surface area contributed by atoms with Gasteiger partial charge in [0, 0.05) is 19.2 Å². The Labute approximate surface area is 170 Å². The third kappa shape index (κ3) is 4.20. The number of thiazole rings is 1. The average molecular weight is 411 g/mol. The molecule has 4 rings (SSSR count). The summed E-state index contributed by atoms with van der Waals surface area (Å²) in [4.78, 5) is 17.1. The van der Waals surface area contributed by atoms with Crippen molar-refractivity contribution in [2.24, 2.45) is 7.05 Å². The molecule has 1 N–H and O–H groups in total. The Balaban J connectivity index is 1.37. The van der Waals surface area contributed by atoms with Crippen LogP contribution in [0.2, 0.25) is 0 Å². The SMILES string of the molecule is CC(Sc1nnnn1C)C(=O)Nc1ccc(Cc2nc3ccccc3s2)cc1. The zero-order valence-corrected chi connectivity index (χ0v) is 17.0. The summed E-state index contributed by atoms with van der Waals surface area (Å²) in [7, 11) is 1.75. The van der Waals surface area contributed by atoms with E-state index in [1.165, 1.54) is 16.5 Å². The summed E-state index contributed by atoms with van der Waals surface area (Å²) >= 11 is 3.03. The molecule has 1 atom stereocenters. The molecule has 0 radical (unpaired) electrons. The zero-order valence-electron chi connectivity index (χ0n) is 15.4. The molecule has 142 valence electrons. The van der Waals surface area contributed by atoms with Crippen molar-refractivity contribution >= 4 is 44.9 Å². The van der Waals surface area contributed by atoms with Crippen molar-refractivity contribution in [3.05, 3.63) is 59.1 Å². The van der Waals surface area contributed by atoms with Gasteiger partial charge in [-0.05, 0) is 47.2 Å². The number of tetrazole rings is 1. The van der Waals surface area contributed by atoms with Gasteiger partial charge in [-0.1, -0.05) is 36.0 Å². The second kappa shape index (κ2) is 8.07. The third-order valence-electron chi connectivity index (χ3n) is 4.15. The van der Waals surface area contributed by atoms with Gasteiger partial charge in [0.2, 0.25) is 11.1 Å². The first-order valence-corrected chi connectivity index (χ1v) is 10.4. The first-order chi connectivity index (χ1) is 13.6. The van der Waals surface area contributed by atoms with E-state index in [2.05, 4.69) is 31.9 Å². The summed E-state index contributed by atoms with van der Waals surface area (Å²) < 4.78 is 2.75. The van der Waals surface area contributed by atoms with E-state index in [0.717, 1.165) is 28.2 Å². The number of nitrogens with one attached hydrogen (secondary N) is 1. The second-order valence-electron chi connectivity index (χ2n) is 6.28. The van der Waals surface area contributed by atoms with Crippen molar-refractivity contribution in [1.82, 2.24) is 25.2 Å². The number of anilines is 1. The van der Waals surface area contributed by atoms with E-state index in [9.17, 15) is 4.79 Å². The van der Waals surface area contributed by atoms with Gasteiger partial charge in [0.05, 0.1) is 20.5 Å². The molecule has 1 amide bonds. The lowest BCUT2D eigenvalue weighted by molar-refractivity contribution is -0.115. The molecule has 0 spiro atoms. The van der Waals surface area contributed by atoms with E-state index in [-0.39, 0.29) is 11.2 Å². The molecule has 0 saturated heterocycles. The number of benzene rings is 2. The Hall–Kier alpha value is -2.78. The van der Waals surface area contributed by atoms with Crippen molar-refractivity contribution in [3.8, 4) is 0 Å². The van der Waals surface area contributed by atoms with Gasteiger partial charge in [-0.3, -0.25) is 4.79 Å². The number of aromatic nitrogens is 5. The summed E-state index contributed by atoms with van der Waals surface area (Å²) in [6.07, 6.45) is 0.777. The standard InChI is InChI=1S/C19H18N6OS2/c1-12(27-19-22-23-24-25(19)2)18(26)20-14-9-7-13(8-10-14)11-17-21-15-5-3-4-6-16(15)28-17/h3-10,12H,11H2,1-2H3,(H,20,26). The number of nitrogens with zero attached hydrogens (tertiary/aromatic N) is 5. The average Bonchev–Trinajstić information content (AvgIpc) is 3.28. The molecule has 9 heteroatoms. The second-order valence-corrected chi connectivity index (χ2v) is 8.71. The molecular formula is C19H18N6OS2. The van der Waals surface area contributed by atoms with Gasteiger partial charge in [0.15, 0.2) is 0 Å². The highest BCUT2D eigenvalue weighted by atomic mass is 32.2. The lowest BCUT2D eigenvalue weighted by atomic mass is 10.1. The maximum Gasteiger partial charge on any atom is 0.237 e. The highest BCUT2D eigenvalue weighted by Gasteiger charge is 2.17. The molecular weight excluding hydrogens is 392 g/mol. The summed E-state index contributed by atoms with van der Waals surface area (Å²) in [5, 5.41) is 15.6. The fraction of sp³-hybridized carbons (Fsp3) is 0.211. The molecule has 28 heavy (non-hydrogen) atoms. The molecule has 2 aromatic carbocycles. The molecule has 4 aromatic rings. The van der Waals surface area contributed by atoms with Crippen molar-refractivity contribution in [3.63, 3.8) is 0 Å². The predicted molar refractivity (Wildman–Crippen MR) is 112 cm³/mol. The van der Waals surface area contributed by atoms with E-state index in [1.54, 1.807) is 23.1 Å². The predicted octanol–water partition coefficient (Wildman–Crippen LogP) is 3.53. The molecule has 1 unspecified atom stereocenters. The first-order valence-electron chi connectivity index (χ1n) is 8.72. The number of fused-ring (bicyclic) bond motifs is 1. The number of thioether (sulfide) groups is 1. The van der Waals surface area contributed by atoms with Crippen molar-refractivity contribution in [1.29, 1.82) is 0 Å². The van der Waals surface area contributed by atoms with Crippen LogP contribution in [0, 0.1) is 0 Å². The van der Waals surface area contributed by atoms with Crippen molar-refractivity contribution in [2.75, 3.05) is 5.32 Å². The maximum atomic E-state index is 12.4. The van der Waals surface area contributed by atoms with Gasteiger partial charge in [0.1, 0.15) is 0 Å². The fourth-order valence-electron chi connectivity index (χ4n) is 2.65. The Morgan fingerprint density at radius 1 is 1.21 bits per heavy atom. The molecule has 0 bridgehead atoms. The highest BCUT2D eigenvalue weighted by Crippen LogP contribution is 2.24. The minimum Gasteiger partial charge on any atom is -0.325 e. The largest absolute Gasteiger partial charge is 0.325 e. The molecule has 0 aliphatic carbocycles. The highest BCUT2D eigenvalue weighted by molar-refractivity contribution is 8.00. The van der Waals surface area contributed by atoms with E-state index >= 15 is 0 Å². The maximum absolute atomic E-state index is 12.4. The zero-order chi connectivity index (χ0) is 19.5. The number of aryl methyl sites for hydroxylation is 1. The van der Waals surface area contributed by atoms with Crippen LogP contribution in [0.3, 0.4) is 0 Å². The number of para-hydroxylation sites is 1. The fourth-order valence-corrected chi connectivity index (χ4v) is 4.41. The summed E-state index contributed by atoms with van der Waals surface area (Å²) in [5.74, 6) is -0.0908. The number of rotatable bonds is 6. The van der Waals surface area contributed by atoms with Crippen LogP contribution < -0.4 is 5.32 Å². The molecule has 7 nitrogen and oxygen atoms in total. The van der Waals surface area contributed by atoms with Crippen LogP contribution in [0.4, 0.5) is 5.69 Å². The van der Waals surface area contributed by atoms with E-state index in [1.807, 2.05) is 49.4 Å². The minimum absolute atomic E-state index is 0.0908. The summed E-state index contributed by atoms with van der Waals surface area (Å²) in [6.45, 7) is 1.83. The Bertz CT molecular complexity index is 1070. The quantitative estimate of drug-likeness (QED) is 0.490. The van der Waals surface area contributed by atoms with E-state index < -0.39 is 0 Å². The monoisotopic (exact) mass is 410 g/mol. The molecule has 2 aromatic heterocycles. The molecule has 2 heterocycles. The molecule has 0 aliphatic rings. The topological polar surface area (TPSA) is 85.6 Å². The summed E-state index contributed by atoms with van der Waals surface area (Å²) in [6, 6.07) is 16.0. The molecule has 0 saturated carbocycles. The van der Waals surface area contributed by atoms with Gasteiger partial charge in [0.25, 0.3) is 0 Å². The van der Waals surface area contributed by atoms with Crippen LogP contribution in [0.1, 0.15) is 17.5 Å². The minimum atomic E-state index is -0.313. The Morgan fingerprint density at radius 2 is 2.00 bits per heavy atom. The number of hydrogen-bond donors (Lipinski definition) is 1. The lowest BCUT2D eigenvalue weighted by Crippen LogP contribution is -2.22. The van der Waals surface area contributed by atoms with Crippen LogP contribution >= 0.6 is 23.1 Å². The summed E-state index contributed by atoms with van der Waals surface area (Å²) in [5.41, 5.74) is 2.96. The Morgan fingerprint density at radius 3 is 2.71 bits per heavy atom. The van der Waals surface area contributed by atoms with Crippen molar-refractivity contribution < 1.29 is 4.79 Å². The first kappa shape index (κ1) is 18.6. The van der Waals surface area contributed by atoms with Crippen molar-refractivity contribution in [2.45, 2.75) is 23.8 Å². The lowest BCUT2D eigenvalue weighted by Gasteiger charge is -2.11. The van der Waals surface area contributed by atoms with Gasteiger partial charge < -0.3 is 5.32 Å². The number of carbonyl (C=O) groups excluding carboxylic acids is 1. The normalized spacial score (nSPS) is 12.2. The van der Waals surface area contributed by atoms with Gasteiger partial charge in [-0.15, -0.1) is 16.4 Å². The molecule has 0 aliphatic heterocycles.